The Morgan fingerprint density at radius 2 is 1.71 bits per heavy atom. The third kappa shape index (κ3) is 4.27. The van der Waals surface area contributed by atoms with Gasteiger partial charge in [0.05, 0.1) is 0 Å². The van der Waals surface area contributed by atoms with E-state index in [1.54, 1.807) is 0 Å². The van der Waals surface area contributed by atoms with Gasteiger partial charge in [-0.05, 0) is 31.8 Å². The Morgan fingerprint density at radius 1 is 1.04 bits per heavy atom. The van der Waals surface area contributed by atoms with Crippen LogP contribution in [0.2, 0.25) is 0 Å². The second-order valence-electron chi connectivity index (χ2n) is 7.46. The summed E-state index contributed by atoms with van der Waals surface area (Å²) >= 11 is 0. The highest BCUT2D eigenvalue weighted by Crippen LogP contribution is 2.22. The summed E-state index contributed by atoms with van der Waals surface area (Å²) in [6, 6.07) is 2.55. The van der Waals surface area contributed by atoms with E-state index in [1.165, 1.54) is 32.5 Å². The number of nitrogen functional groups attached to an aromatic ring is 2. The molecule has 2 fully saturated rings. The molecule has 3 heterocycles. The molecule has 24 heavy (non-hydrogen) atoms. The smallest absolute Gasteiger partial charge is 0.223 e. The van der Waals surface area contributed by atoms with Crippen molar-refractivity contribution in [3.63, 3.8) is 0 Å². The summed E-state index contributed by atoms with van der Waals surface area (Å²) in [6.07, 6.45) is 2.58. The normalized spacial score (nSPS) is 21.5. The number of hydrogen-bond donors (Lipinski definition) is 2. The molecule has 2 aliphatic rings. The van der Waals surface area contributed by atoms with Gasteiger partial charge in [-0.3, -0.25) is 4.90 Å². The van der Waals surface area contributed by atoms with Crippen molar-refractivity contribution in [3.05, 3.63) is 6.07 Å². The molecule has 0 amide bonds. The van der Waals surface area contributed by atoms with Gasteiger partial charge in [0.1, 0.15) is 11.6 Å². The Bertz CT molecular complexity index is 511. The predicted octanol–water partition coefficient (Wildman–Crippen LogP) is 0.883. The van der Waals surface area contributed by atoms with Gasteiger partial charge < -0.3 is 21.3 Å². The third-order valence-corrected chi connectivity index (χ3v) is 5.08. The molecule has 7 nitrogen and oxygen atoms in total. The second-order valence-corrected chi connectivity index (χ2v) is 7.46. The summed E-state index contributed by atoms with van der Waals surface area (Å²) in [5.41, 5.74) is 11.5. The molecule has 7 heteroatoms. The maximum Gasteiger partial charge on any atom is 0.223 e. The van der Waals surface area contributed by atoms with Crippen molar-refractivity contribution >= 4 is 17.6 Å². The molecule has 0 atom stereocenters. The lowest BCUT2D eigenvalue weighted by Crippen LogP contribution is -2.53. The van der Waals surface area contributed by atoms with E-state index in [4.69, 9.17) is 11.5 Å². The van der Waals surface area contributed by atoms with Gasteiger partial charge in [-0.25, -0.2) is 0 Å². The van der Waals surface area contributed by atoms with Crippen LogP contribution in [0.15, 0.2) is 6.07 Å². The minimum absolute atomic E-state index is 0.255. The highest BCUT2D eigenvalue weighted by Gasteiger charge is 2.28. The van der Waals surface area contributed by atoms with Gasteiger partial charge in [0.15, 0.2) is 0 Å². The first kappa shape index (κ1) is 17.2. The lowest BCUT2D eigenvalue weighted by atomic mass is 10.0. The van der Waals surface area contributed by atoms with E-state index in [-0.39, 0.29) is 5.95 Å². The first-order chi connectivity index (χ1) is 11.5. The molecule has 2 saturated heterocycles. The lowest BCUT2D eigenvalue weighted by Gasteiger charge is -2.43. The summed E-state index contributed by atoms with van der Waals surface area (Å²) in [4.78, 5) is 15.8. The van der Waals surface area contributed by atoms with E-state index in [0.717, 1.165) is 44.0 Å². The molecule has 0 bridgehead atoms. The van der Waals surface area contributed by atoms with Crippen LogP contribution in [0.25, 0.3) is 0 Å². The Morgan fingerprint density at radius 3 is 2.29 bits per heavy atom. The van der Waals surface area contributed by atoms with Crippen molar-refractivity contribution in [2.24, 2.45) is 5.92 Å². The fourth-order valence-corrected chi connectivity index (χ4v) is 3.93. The first-order valence-electron chi connectivity index (χ1n) is 9.12. The molecule has 4 N–H and O–H groups in total. The standard InChI is InChI=1S/C17H31N7/c1-13(2)12-22-5-3-14(4-6-22)23-7-9-24(10-8-23)16-11-15(18)20-17(19)21-16/h11,13-14H,3-10,12H2,1-2H3,(H4,18,19,20,21). The summed E-state index contributed by atoms with van der Waals surface area (Å²) < 4.78 is 0. The molecule has 2 aliphatic heterocycles. The quantitative estimate of drug-likeness (QED) is 0.846. The molecule has 1 aromatic heterocycles. The molecule has 134 valence electrons. The number of hydrogen-bond acceptors (Lipinski definition) is 7. The van der Waals surface area contributed by atoms with E-state index >= 15 is 0 Å². The largest absolute Gasteiger partial charge is 0.383 e. The number of nitrogens with two attached hydrogens (primary N) is 2. The average Bonchev–Trinajstić information content (AvgIpc) is 2.54. The van der Waals surface area contributed by atoms with Crippen molar-refractivity contribution in [2.75, 3.05) is 62.2 Å². The zero-order chi connectivity index (χ0) is 17.1. The zero-order valence-corrected chi connectivity index (χ0v) is 15.0. The molecule has 0 unspecified atom stereocenters. The second kappa shape index (κ2) is 7.53. The van der Waals surface area contributed by atoms with Gasteiger partial charge in [-0.15, -0.1) is 0 Å². The monoisotopic (exact) mass is 333 g/mol. The van der Waals surface area contributed by atoms with Crippen LogP contribution in [0, 0.1) is 5.92 Å². The minimum Gasteiger partial charge on any atom is -0.383 e. The summed E-state index contributed by atoms with van der Waals surface area (Å²) in [5.74, 6) is 2.31. The van der Waals surface area contributed by atoms with Crippen LogP contribution in [-0.2, 0) is 0 Å². The molecular formula is C17H31N7. The number of piperazine rings is 1. The highest BCUT2D eigenvalue weighted by atomic mass is 15.3. The SMILES string of the molecule is CC(C)CN1CCC(N2CCN(c3cc(N)nc(N)n3)CC2)CC1. The molecule has 0 aromatic carbocycles. The van der Waals surface area contributed by atoms with Gasteiger partial charge >= 0.3 is 0 Å². The van der Waals surface area contributed by atoms with Crippen molar-refractivity contribution in [2.45, 2.75) is 32.7 Å². The van der Waals surface area contributed by atoms with Crippen LogP contribution in [0.3, 0.4) is 0 Å². The van der Waals surface area contributed by atoms with Gasteiger partial charge in [0.25, 0.3) is 0 Å². The highest BCUT2D eigenvalue weighted by molar-refractivity contribution is 5.50. The molecule has 3 rings (SSSR count). The number of aromatic nitrogens is 2. The van der Waals surface area contributed by atoms with Crippen molar-refractivity contribution < 1.29 is 0 Å². The number of likely N-dealkylation sites (tertiary alicyclic amines) is 1. The van der Waals surface area contributed by atoms with Crippen LogP contribution in [-0.4, -0.2) is 71.6 Å². The topological polar surface area (TPSA) is 87.5 Å². The van der Waals surface area contributed by atoms with E-state index in [1.807, 2.05) is 6.07 Å². The average molecular weight is 333 g/mol. The number of piperidine rings is 1. The van der Waals surface area contributed by atoms with Crippen LogP contribution in [0.5, 0.6) is 0 Å². The van der Waals surface area contributed by atoms with Gasteiger partial charge in [0, 0.05) is 44.8 Å². The number of rotatable bonds is 4. The molecule has 0 radical (unpaired) electrons. The summed E-state index contributed by atoms with van der Waals surface area (Å²) in [6.45, 7) is 12.4. The van der Waals surface area contributed by atoms with Crippen LogP contribution in [0.4, 0.5) is 17.6 Å². The van der Waals surface area contributed by atoms with Gasteiger partial charge in [-0.1, -0.05) is 13.8 Å². The first-order valence-corrected chi connectivity index (χ1v) is 9.12. The summed E-state index contributed by atoms with van der Waals surface area (Å²) in [7, 11) is 0. The molecule has 1 aromatic rings. The van der Waals surface area contributed by atoms with Crippen LogP contribution >= 0.6 is 0 Å². The maximum atomic E-state index is 5.78. The molecule has 0 spiro atoms. The van der Waals surface area contributed by atoms with Gasteiger partial charge in [0.2, 0.25) is 5.95 Å². The number of anilines is 3. The van der Waals surface area contributed by atoms with E-state index in [2.05, 4.69) is 38.5 Å². The summed E-state index contributed by atoms with van der Waals surface area (Å²) in [5, 5.41) is 0. The number of nitrogens with zero attached hydrogens (tertiary/aromatic N) is 5. The van der Waals surface area contributed by atoms with Gasteiger partial charge in [-0.2, -0.15) is 9.97 Å². The Kier molecular flexibility index (Phi) is 5.40. The van der Waals surface area contributed by atoms with E-state index < -0.39 is 0 Å². The fraction of sp³-hybridized carbons (Fsp3) is 0.765. The minimum atomic E-state index is 0.255. The predicted molar refractivity (Wildman–Crippen MR) is 98.9 cm³/mol. The molecular weight excluding hydrogens is 302 g/mol. The Hall–Kier alpha value is -1.60. The van der Waals surface area contributed by atoms with Crippen molar-refractivity contribution in [3.8, 4) is 0 Å². The molecule has 0 aliphatic carbocycles. The Labute approximate surface area is 145 Å². The zero-order valence-electron chi connectivity index (χ0n) is 15.0. The van der Waals surface area contributed by atoms with Crippen molar-refractivity contribution in [1.29, 1.82) is 0 Å². The van der Waals surface area contributed by atoms with Crippen LogP contribution < -0.4 is 16.4 Å². The molecule has 0 saturated carbocycles. The van der Waals surface area contributed by atoms with E-state index in [9.17, 15) is 0 Å². The third-order valence-electron chi connectivity index (χ3n) is 5.08. The fourth-order valence-electron chi connectivity index (χ4n) is 3.93. The van der Waals surface area contributed by atoms with E-state index in [0.29, 0.717) is 5.82 Å². The van der Waals surface area contributed by atoms with Crippen molar-refractivity contribution in [1.82, 2.24) is 19.8 Å². The maximum absolute atomic E-state index is 5.78. The Balaban J connectivity index is 1.49. The lowest BCUT2D eigenvalue weighted by molar-refractivity contribution is 0.0972. The van der Waals surface area contributed by atoms with Crippen LogP contribution in [0.1, 0.15) is 26.7 Å².